The van der Waals surface area contributed by atoms with Crippen molar-refractivity contribution in [2.75, 3.05) is 24.3 Å². The van der Waals surface area contributed by atoms with E-state index in [1.807, 2.05) is 6.92 Å². The number of halogens is 1. The minimum atomic E-state index is -0.319. The summed E-state index contributed by atoms with van der Waals surface area (Å²) in [6.45, 7) is 4.71. The lowest BCUT2D eigenvalue weighted by Gasteiger charge is -2.10. The van der Waals surface area contributed by atoms with Crippen LogP contribution in [0, 0.1) is 6.92 Å². The molecule has 128 valence electrons. The molecular formula is C17H21ClN4O2. The number of benzene rings is 1. The van der Waals surface area contributed by atoms with E-state index in [0.717, 1.165) is 25.1 Å². The number of nitrogens with one attached hydrogen (secondary N) is 2. The van der Waals surface area contributed by atoms with Gasteiger partial charge in [-0.1, -0.05) is 24.9 Å². The normalized spacial score (nSPS) is 10.3. The van der Waals surface area contributed by atoms with E-state index in [4.69, 9.17) is 16.3 Å². The Balaban J connectivity index is 2.12. The summed E-state index contributed by atoms with van der Waals surface area (Å²) in [5, 5.41) is 6.33. The van der Waals surface area contributed by atoms with Crippen molar-refractivity contribution >= 4 is 29.1 Å². The highest BCUT2D eigenvalue weighted by atomic mass is 35.5. The summed E-state index contributed by atoms with van der Waals surface area (Å²) in [5.41, 5.74) is 1.60. The Kier molecular flexibility index (Phi) is 6.37. The second-order valence-corrected chi connectivity index (χ2v) is 5.71. The fourth-order valence-corrected chi connectivity index (χ4v) is 2.34. The number of ether oxygens (including phenoxy) is 1. The molecule has 2 N–H and O–H groups in total. The molecule has 1 amide bonds. The van der Waals surface area contributed by atoms with Crippen LogP contribution in [0.15, 0.2) is 24.3 Å². The fraction of sp³-hybridized carbons (Fsp3) is 0.353. The van der Waals surface area contributed by atoms with Crippen LogP contribution < -0.4 is 15.4 Å². The zero-order valence-electron chi connectivity index (χ0n) is 14.0. The van der Waals surface area contributed by atoms with Crippen LogP contribution in [0.25, 0.3) is 0 Å². The highest BCUT2D eigenvalue weighted by molar-refractivity contribution is 6.32. The van der Waals surface area contributed by atoms with Gasteiger partial charge in [0.05, 0.1) is 12.1 Å². The minimum Gasteiger partial charge on any atom is -0.495 e. The lowest BCUT2D eigenvalue weighted by atomic mass is 10.2. The predicted molar refractivity (Wildman–Crippen MR) is 96.1 cm³/mol. The van der Waals surface area contributed by atoms with Crippen LogP contribution in [0.2, 0.25) is 5.02 Å². The molecule has 0 radical (unpaired) electrons. The molecule has 0 aliphatic carbocycles. The molecule has 6 nitrogen and oxygen atoms in total. The van der Waals surface area contributed by atoms with Crippen LogP contribution in [-0.2, 0) is 0 Å². The van der Waals surface area contributed by atoms with Gasteiger partial charge >= 0.3 is 0 Å². The lowest BCUT2D eigenvalue weighted by Crippen LogP contribution is -2.16. The lowest BCUT2D eigenvalue weighted by molar-refractivity contribution is 0.102. The second kappa shape index (κ2) is 8.49. The summed E-state index contributed by atoms with van der Waals surface area (Å²) in [5.74, 6) is 0.691. The van der Waals surface area contributed by atoms with Gasteiger partial charge in [0.1, 0.15) is 11.4 Å². The fourth-order valence-electron chi connectivity index (χ4n) is 2.08. The number of anilines is 2. The first-order valence-corrected chi connectivity index (χ1v) is 8.15. The van der Waals surface area contributed by atoms with Gasteiger partial charge < -0.3 is 15.4 Å². The van der Waals surface area contributed by atoms with Gasteiger partial charge in [0.25, 0.3) is 5.91 Å². The van der Waals surface area contributed by atoms with Gasteiger partial charge in [-0.3, -0.25) is 4.79 Å². The van der Waals surface area contributed by atoms with Crippen LogP contribution in [0.4, 0.5) is 11.6 Å². The van der Waals surface area contributed by atoms with Gasteiger partial charge in [-0.15, -0.1) is 0 Å². The van der Waals surface area contributed by atoms with Crippen molar-refractivity contribution in [3.63, 3.8) is 0 Å². The number of nitrogens with zero attached hydrogens (tertiary/aromatic N) is 2. The molecule has 0 spiro atoms. The Hall–Kier alpha value is -2.34. The van der Waals surface area contributed by atoms with Crippen LogP contribution in [0.1, 0.15) is 35.9 Å². The molecule has 24 heavy (non-hydrogen) atoms. The average Bonchev–Trinajstić information content (AvgIpc) is 2.55. The van der Waals surface area contributed by atoms with E-state index in [1.165, 1.54) is 7.11 Å². The number of aryl methyl sites for hydroxylation is 1. The van der Waals surface area contributed by atoms with E-state index in [-0.39, 0.29) is 5.91 Å². The molecule has 2 rings (SSSR count). The monoisotopic (exact) mass is 348 g/mol. The van der Waals surface area contributed by atoms with Crippen molar-refractivity contribution in [2.45, 2.75) is 26.7 Å². The Labute approximate surface area is 146 Å². The zero-order chi connectivity index (χ0) is 17.5. The van der Waals surface area contributed by atoms with Crippen LogP contribution in [0.3, 0.4) is 0 Å². The maximum Gasteiger partial charge on any atom is 0.274 e. The number of carbonyl (C=O) groups is 1. The Morgan fingerprint density at radius 1 is 1.29 bits per heavy atom. The molecule has 0 bridgehead atoms. The Morgan fingerprint density at radius 3 is 2.75 bits per heavy atom. The molecule has 0 atom stereocenters. The van der Waals surface area contributed by atoms with Gasteiger partial charge in [0, 0.05) is 17.9 Å². The first-order chi connectivity index (χ1) is 11.5. The van der Waals surface area contributed by atoms with Gasteiger partial charge in [0.15, 0.2) is 0 Å². The van der Waals surface area contributed by atoms with E-state index in [1.54, 1.807) is 24.3 Å². The number of unbranched alkanes of at least 4 members (excludes halogenated alkanes) is 1. The topological polar surface area (TPSA) is 76.1 Å². The van der Waals surface area contributed by atoms with Crippen molar-refractivity contribution in [1.29, 1.82) is 0 Å². The molecule has 0 fully saturated rings. The third kappa shape index (κ3) is 4.83. The Morgan fingerprint density at radius 2 is 2.08 bits per heavy atom. The number of amides is 1. The molecule has 1 aromatic heterocycles. The zero-order valence-corrected chi connectivity index (χ0v) is 14.8. The SMILES string of the molecule is CCCCNc1nc(C)cc(C(=O)Nc2ccc(OC)c(Cl)c2)n1. The third-order valence-corrected chi connectivity index (χ3v) is 3.61. The minimum absolute atomic E-state index is 0.299. The number of methoxy groups -OCH3 is 1. The highest BCUT2D eigenvalue weighted by Crippen LogP contribution is 2.27. The van der Waals surface area contributed by atoms with E-state index in [0.29, 0.717) is 28.1 Å². The van der Waals surface area contributed by atoms with Crippen molar-refractivity contribution in [2.24, 2.45) is 0 Å². The molecular weight excluding hydrogens is 328 g/mol. The number of carbonyl (C=O) groups excluding carboxylic acids is 1. The molecule has 0 saturated heterocycles. The first kappa shape index (κ1) is 18.0. The summed E-state index contributed by atoms with van der Waals surface area (Å²) in [6, 6.07) is 6.69. The molecule has 0 aliphatic heterocycles. The van der Waals surface area contributed by atoms with E-state index in [2.05, 4.69) is 27.5 Å². The summed E-state index contributed by atoms with van der Waals surface area (Å²) in [4.78, 5) is 21.0. The summed E-state index contributed by atoms with van der Waals surface area (Å²) in [6.07, 6.45) is 2.09. The average molecular weight is 349 g/mol. The molecule has 1 heterocycles. The maximum atomic E-state index is 12.4. The number of aromatic nitrogens is 2. The van der Waals surface area contributed by atoms with Crippen molar-refractivity contribution in [3.8, 4) is 5.75 Å². The van der Waals surface area contributed by atoms with Crippen molar-refractivity contribution in [3.05, 3.63) is 40.7 Å². The first-order valence-electron chi connectivity index (χ1n) is 7.78. The smallest absolute Gasteiger partial charge is 0.274 e. The molecule has 1 aromatic carbocycles. The second-order valence-electron chi connectivity index (χ2n) is 5.30. The van der Waals surface area contributed by atoms with Crippen LogP contribution >= 0.6 is 11.6 Å². The number of hydrogen-bond donors (Lipinski definition) is 2. The maximum absolute atomic E-state index is 12.4. The van der Waals surface area contributed by atoms with E-state index >= 15 is 0 Å². The van der Waals surface area contributed by atoms with Gasteiger partial charge in [-0.05, 0) is 37.6 Å². The number of hydrogen-bond acceptors (Lipinski definition) is 5. The molecule has 2 aromatic rings. The molecule has 7 heteroatoms. The molecule has 0 unspecified atom stereocenters. The summed E-state index contributed by atoms with van der Waals surface area (Å²) >= 11 is 6.07. The Bertz CT molecular complexity index is 722. The van der Waals surface area contributed by atoms with Crippen LogP contribution in [-0.4, -0.2) is 29.5 Å². The van der Waals surface area contributed by atoms with Crippen molar-refractivity contribution < 1.29 is 9.53 Å². The standard InChI is InChI=1S/C17H21ClN4O2/c1-4-5-8-19-17-20-11(2)9-14(22-17)16(23)21-12-6-7-15(24-3)13(18)10-12/h6-7,9-10H,4-5,8H2,1-3H3,(H,21,23)(H,19,20,22). The predicted octanol–water partition coefficient (Wildman–Crippen LogP) is 3.91. The van der Waals surface area contributed by atoms with E-state index < -0.39 is 0 Å². The van der Waals surface area contributed by atoms with Gasteiger partial charge in [0.2, 0.25) is 5.95 Å². The van der Waals surface area contributed by atoms with E-state index in [9.17, 15) is 4.79 Å². The van der Waals surface area contributed by atoms with Gasteiger partial charge in [-0.25, -0.2) is 9.97 Å². The highest BCUT2D eigenvalue weighted by Gasteiger charge is 2.12. The third-order valence-electron chi connectivity index (χ3n) is 3.31. The number of rotatable bonds is 7. The summed E-state index contributed by atoms with van der Waals surface area (Å²) < 4.78 is 5.09. The van der Waals surface area contributed by atoms with Crippen molar-refractivity contribution in [1.82, 2.24) is 9.97 Å². The molecule has 0 saturated carbocycles. The molecule has 0 aliphatic rings. The van der Waals surface area contributed by atoms with Crippen LogP contribution in [0.5, 0.6) is 5.75 Å². The summed E-state index contributed by atoms with van der Waals surface area (Å²) in [7, 11) is 1.54. The van der Waals surface area contributed by atoms with Gasteiger partial charge in [-0.2, -0.15) is 0 Å². The quantitative estimate of drug-likeness (QED) is 0.742. The largest absolute Gasteiger partial charge is 0.495 e.